The van der Waals surface area contributed by atoms with E-state index in [1.165, 1.54) is 11.3 Å². The van der Waals surface area contributed by atoms with E-state index in [0.717, 1.165) is 48.0 Å². The minimum absolute atomic E-state index is 0.795. The highest BCUT2D eigenvalue weighted by molar-refractivity contribution is 9.10. The van der Waals surface area contributed by atoms with Crippen LogP contribution in [0.1, 0.15) is 5.56 Å². The first kappa shape index (κ1) is 16.6. The fourth-order valence-corrected chi connectivity index (χ4v) is 3.54. The largest absolute Gasteiger partial charge is 0.496 e. The standard InChI is InChI=1S/C18H20BrClN2O/c1-23-18-6-5-15(19)11-14(18)13-21-7-9-22(10-8-21)17-4-2-3-16(20)12-17/h2-6,11-12H,7-10,13H2,1H3. The quantitative estimate of drug-likeness (QED) is 0.761. The summed E-state index contributed by atoms with van der Waals surface area (Å²) in [4.78, 5) is 4.85. The summed E-state index contributed by atoms with van der Waals surface area (Å²) in [6.07, 6.45) is 0. The first-order valence-electron chi connectivity index (χ1n) is 7.71. The van der Waals surface area contributed by atoms with Crippen molar-refractivity contribution in [2.24, 2.45) is 0 Å². The van der Waals surface area contributed by atoms with Crippen LogP contribution in [0, 0.1) is 0 Å². The van der Waals surface area contributed by atoms with E-state index in [1.807, 2.05) is 30.3 Å². The molecular formula is C18H20BrClN2O. The van der Waals surface area contributed by atoms with Gasteiger partial charge in [-0.2, -0.15) is 0 Å². The lowest BCUT2D eigenvalue weighted by atomic mass is 10.1. The topological polar surface area (TPSA) is 15.7 Å². The van der Waals surface area contributed by atoms with Crippen LogP contribution >= 0.6 is 27.5 Å². The zero-order valence-corrected chi connectivity index (χ0v) is 15.5. The predicted octanol–water partition coefficient (Wildman–Crippen LogP) is 4.43. The average Bonchev–Trinajstić information content (AvgIpc) is 2.56. The van der Waals surface area contributed by atoms with Crippen molar-refractivity contribution in [3.05, 3.63) is 57.5 Å². The lowest BCUT2D eigenvalue weighted by molar-refractivity contribution is 0.246. The lowest BCUT2D eigenvalue weighted by Crippen LogP contribution is -2.46. The zero-order chi connectivity index (χ0) is 16.2. The molecule has 122 valence electrons. The normalized spacial score (nSPS) is 15.7. The molecule has 3 nitrogen and oxygen atoms in total. The molecule has 5 heteroatoms. The number of rotatable bonds is 4. The molecule has 0 amide bonds. The minimum atomic E-state index is 0.795. The van der Waals surface area contributed by atoms with E-state index < -0.39 is 0 Å². The van der Waals surface area contributed by atoms with Crippen LogP contribution in [0.4, 0.5) is 5.69 Å². The third-order valence-electron chi connectivity index (χ3n) is 4.18. The highest BCUT2D eigenvalue weighted by Crippen LogP contribution is 2.26. The van der Waals surface area contributed by atoms with Crippen LogP contribution in [0.25, 0.3) is 0 Å². The molecule has 1 heterocycles. The molecule has 0 aromatic heterocycles. The number of benzene rings is 2. The highest BCUT2D eigenvalue weighted by Gasteiger charge is 2.18. The van der Waals surface area contributed by atoms with Gasteiger partial charge in [0.05, 0.1) is 7.11 Å². The second-order valence-corrected chi connectivity index (χ2v) is 7.05. The van der Waals surface area contributed by atoms with E-state index in [0.29, 0.717) is 0 Å². The van der Waals surface area contributed by atoms with Crippen molar-refractivity contribution in [1.29, 1.82) is 0 Å². The Hall–Kier alpha value is -1.23. The molecule has 1 aliphatic rings. The highest BCUT2D eigenvalue weighted by atomic mass is 79.9. The Balaban J connectivity index is 1.62. The maximum atomic E-state index is 6.09. The van der Waals surface area contributed by atoms with Crippen LogP contribution in [-0.4, -0.2) is 38.2 Å². The van der Waals surface area contributed by atoms with Crippen molar-refractivity contribution in [3.63, 3.8) is 0 Å². The molecule has 0 unspecified atom stereocenters. The second kappa shape index (κ2) is 7.56. The Labute approximate surface area is 150 Å². The Morgan fingerprint density at radius 3 is 2.57 bits per heavy atom. The number of hydrogen-bond donors (Lipinski definition) is 0. The first-order chi connectivity index (χ1) is 11.2. The molecule has 0 spiro atoms. The lowest BCUT2D eigenvalue weighted by Gasteiger charge is -2.36. The molecule has 1 aliphatic heterocycles. The molecule has 2 aromatic rings. The Kier molecular flexibility index (Phi) is 5.46. The maximum absolute atomic E-state index is 6.09. The van der Waals surface area contributed by atoms with Gasteiger partial charge in [0.25, 0.3) is 0 Å². The van der Waals surface area contributed by atoms with Crippen molar-refractivity contribution >= 4 is 33.2 Å². The van der Waals surface area contributed by atoms with E-state index in [2.05, 4.69) is 37.9 Å². The van der Waals surface area contributed by atoms with E-state index in [4.69, 9.17) is 16.3 Å². The molecule has 0 atom stereocenters. The third kappa shape index (κ3) is 4.19. The fraction of sp³-hybridized carbons (Fsp3) is 0.333. The van der Waals surface area contributed by atoms with E-state index in [1.54, 1.807) is 7.11 Å². The maximum Gasteiger partial charge on any atom is 0.123 e. The molecule has 23 heavy (non-hydrogen) atoms. The minimum Gasteiger partial charge on any atom is -0.496 e. The van der Waals surface area contributed by atoms with E-state index in [9.17, 15) is 0 Å². The smallest absolute Gasteiger partial charge is 0.123 e. The molecule has 1 saturated heterocycles. The summed E-state index contributed by atoms with van der Waals surface area (Å²) in [7, 11) is 1.73. The fourth-order valence-electron chi connectivity index (χ4n) is 2.95. The van der Waals surface area contributed by atoms with Crippen molar-refractivity contribution in [2.75, 3.05) is 38.2 Å². The number of anilines is 1. The van der Waals surface area contributed by atoms with Crippen molar-refractivity contribution in [1.82, 2.24) is 4.90 Å². The third-order valence-corrected chi connectivity index (χ3v) is 4.91. The molecule has 0 N–H and O–H groups in total. The van der Waals surface area contributed by atoms with Crippen LogP contribution in [0.3, 0.4) is 0 Å². The number of hydrogen-bond acceptors (Lipinski definition) is 3. The molecule has 1 fully saturated rings. The van der Waals surface area contributed by atoms with Gasteiger partial charge in [-0.15, -0.1) is 0 Å². The number of methoxy groups -OCH3 is 1. The Morgan fingerprint density at radius 2 is 1.87 bits per heavy atom. The number of ether oxygens (including phenoxy) is 1. The monoisotopic (exact) mass is 394 g/mol. The summed E-state index contributed by atoms with van der Waals surface area (Å²) in [5.74, 6) is 0.950. The van der Waals surface area contributed by atoms with Gasteiger partial charge in [0.2, 0.25) is 0 Å². The van der Waals surface area contributed by atoms with Gasteiger partial charge in [0.15, 0.2) is 0 Å². The van der Waals surface area contributed by atoms with Gasteiger partial charge in [-0.3, -0.25) is 4.90 Å². The van der Waals surface area contributed by atoms with E-state index >= 15 is 0 Å². The van der Waals surface area contributed by atoms with Gasteiger partial charge in [-0.25, -0.2) is 0 Å². The van der Waals surface area contributed by atoms with Crippen LogP contribution < -0.4 is 9.64 Å². The van der Waals surface area contributed by atoms with Crippen molar-refractivity contribution < 1.29 is 4.74 Å². The number of halogens is 2. The summed E-state index contributed by atoms with van der Waals surface area (Å²) < 4.78 is 6.56. The summed E-state index contributed by atoms with van der Waals surface area (Å²) in [5, 5.41) is 0.795. The summed E-state index contributed by atoms with van der Waals surface area (Å²) in [6, 6.07) is 14.3. The van der Waals surface area contributed by atoms with Crippen LogP contribution in [-0.2, 0) is 6.54 Å². The predicted molar refractivity (Wildman–Crippen MR) is 99.6 cm³/mol. The molecule has 0 saturated carbocycles. The van der Waals surface area contributed by atoms with Gasteiger partial charge in [0, 0.05) is 53.5 Å². The number of piperazine rings is 1. The Morgan fingerprint density at radius 1 is 1.09 bits per heavy atom. The number of nitrogens with zero attached hydrogens (tertiary/aromatic N) is 2. The summed E-state index contributed by atoms with van der Waals surface area (Å²) >= 11 is 9.64. The van der Waals surface area contributed by atoms with Crippen molar-refractivity contribution in [3.8, 4) is 5.75 Å². The van der Waals surface area contributed by atoms with E-state index in [-0.39, 0.29) is 0 Å². The van der Waals surface area contributed by atoms with Gasteiger partial charge < -0.3 is 9.64 Å². The molecule has 3 rings (SSSR count). The molecule has 0 aliphatic carbocycles. The van der Waals surface area contributed by atoms with Crippen LogP contribution in [0.5, 0.6) is 5.75 Å². The van der Waals surface area contributed by atoms with Gasteiger partial charge in [-0.1, -0.05) is 33.6 Å². The van der Waals surface area contributed by atoms with Crippen LogP contribution in [0.15, 0.2) is 46.9 Å². The zero-order valence-electron chi connectivity index (χ0n) is 13.1. The molecule has 0 radical (unpaired) electrons. The second-order valence-electron chi connectivity index (χ2n) is 5.70. The van der Waals surface area contributed by atoms with Gasteiger partial charge in [-0.05, 0) is 36.4 Å². The summed E-state index contributed by atoms with van der Waals surface area (Å²) in [6.45, 7) is 4.99. The Bertz CT molecular complexity index is 672. The van der Waals surface area contributed by atoms with Gasteiger partial charge in [0.1, 0.15) is 5.75 Å². The van der Waals surface area contributed by atoms with Gasteiger partial charge >= 0.3 is 0 Å². The molecule has 0 bridgehead atoms. The molecular weight excluding hydrogens is 376 g/mol. The average molecular weight is 396 g/mol. The first-order valence-corrected chi connectivity index (χ1v) is 8.88. The van der Waals surface area contributed by atoms with Crippen LogP contribution in [0.2, 0.25) is 5.02 Å². The SMILES string of the molecule is COc1ccc(Br)cc1CN1CCN(c2cccc(Cl)c2)CC1. The molecule has 2 aromatic carbocycles. The van der Waals surface area contributed by atoms with Crippen molar-refractivity contribution in [2.45, 2.75) is 6.54 Å². The summed E-state index contributed by atoms with van der Waals surface area (Å²) in [5.41, 5.74) is 2.43.